The zero-order valence-electron chi connectivity index (χ0n) is 11.5. The summed E-state index contributed by atoms with van der Waals surface area (Å²) in [5.41, 5.74) is 6.18. The van der Waals surface area contributed by atoms with Crippen LogP contribution in [0.5, 0.6) is 0 Å². The van der Waals surface area contributed by atoms with Crippen molar-refractivity contribution in [3.05, 3.63) is 38.9 Å². The smallest absolute Gasteiger partial charge is 0.250 e. The van der Waals surface area contributed by atoms with Crippen LogP contribution in [-0.4, -0.2) is 15.0 Å². The van der Waals surface area contributed by atoms with Gasteiger partial charge in [0.1, 0.15) is 4.21 Å². The van der Waals surface area contributed by atoms with Gasteiger partial charge in [-0.05, 0) is 24.6 Å². The summed E-state index contributed by atoms with van der Waals surface area (Å²) in [5.74, 6) is 5.70. The number of thiophene rings is 2. The predicted octanol–water partition coefficient (Wildman–Crippen LogP) is 2.16. The van der Waals surface area contributed by atoms with E-state index in [0.29, 0.717) is 10.8 Å². The first kappa shape index (κ1) is 16.2. The van der Waals surface area contributed by atoms with Crippen LogP contribution in [0, 0.1) is 11.8 Å². The summed E-state index contributed by atoms with van der Waals surface area (Å²) in [6.45, 7) is 2.60. The molecule has 0 bridgehead atoms. The van der Waals surface area contributed by atoms with Gasteiger partial charge in [-0.25, -0.2) is 13.1 Å². The molecular formula is C14H16N2O2S3. The number of aryl methyl sites for hydroxylation is 1. The highest BCUT2D eigenvalue weighted by molar-refractivity contribution is 7.91. The molecule has 0 saturated carbocycles. The van der Waals surface area contributed by atoms with Crippen LogP contribution in [0.1, 0.15) is 22.2 Å². The van der Waals surface area contributed by atoms with Gasteiger partial charge in [-0.1, -0.05) is 18.8 Å². The third-order valence-corrected chi connectivity index (χ3v) is 6.73. The number of sulfonamides is 1. The largest absolute Gasteiger partial charge is 0.320 e. The quantitative estimate of drug-likeness (QED) is 0.819. The Kier molecular flexibility index (Phi) is 5.56. The molecule has 0 atom stereocenters. The fourth-order valence-corrected chi connectivity index (χ4v) is 4.82. The zero-order chi connectivity index (χ0) is 15.3. The number of nitrogens with one attached hydrogen (secondary N) is 1. The number of hydrogen-bond acceptors (Lipinski definition) is 5. The Morgan fingerprint density at radius 3 is 2.81 bits per heavy atom. The maximum atomic E-state index is 12.2. The Balaban J connectivity index is 2.03. The summed E-state index contributed by atoms with van der Waals surface area (Å²) >= 11 is 2.79. The van der Waals surface area contributed by atoms with Gasteiger partial charge in [-0.15, -0.1) is 22.7 Å². The van der Waals surface area contributed by atoms with Gasteiger partial charge in [-0.3, -0.25) is 0 Å². The van der Waals surface area contributed by atoms with Crippen molar-refractivity contribution in [2.45, 2.75) is 24.1 Å². The Morgan fingerprint density at radius 2 is 2.14 bits per heavy atom. The van der Waals surface area contributed by atoms with Gasteiger partial charge in [-0.2, -0.15) is 0 Å². The molecule has 0 spiro atoms. The molecule has 21 heavy (non-hydrogen) atoms. The zero-order valence-corrected chi connectivity index (χ0v) is 14.0. The average Bonchev–Trinajstić information content (AvgIpc) is 3.12. The van der Waals surface area contributed by atoms with Crippen molar-refractivity contribution in [2.24, 2.45) is 5.73 Å². The van der Waals surface area contributed by atoms with Crippen molar-refractivity contribution in [1.82, 2.24) is 4.72 Å². The van der Waals surface area contributed by atoms with E-state index in [1.165, 1.54) is 22.7 Å². The van der Waals surface area contributed by atoms with Crippen LogP contribution in [0.25, 0.3) is 0 Å². The molecule has 2 aromatic rings. The van der Waals surface area contributed by atoms with Crippen LogP contribution in [0.2, 0.25) is 0 Å². The molecule has 0 saturated heterocycles. The molecule has 0 amide bonds. The number of nitrogens with two attached hydrogens (primary N) is 1. The lowest BCUT2D eigenvalue weighted by molar-refractivity contribution is 0.584. The van der Waals surface area contributed by atoms with E-state index >= 15 is 0 Å². The minimum Gasteiger partial charge on any atom is -0.320 e. The first-order valence-corrected chi connectivity index (χ1v) is 9.58. The fourth-order valence-electron chi connectivity index (χ4n) is 1.62. The minimum atomic E-state index is -3.44. The van der Waals surface area contributed by atoms with Crippen molar-refractivity contribution in [1.29, 1.82) is 0 Å². The summed E-state index contributed by atoms with van der Waals surface area (Å²) < 4.78 is 27.3. The fraction of sp³-hybridized carbons (Fsp3) is 0.286. The van der Waals surface area contributed by atoms with Crippen molar-refractivity contribution in [2.75, 3.05) is 6.54 Å². The second-order valence-electron chi connectivity index (χ2n) is 4.21. The van der Waals surface area contributed by atoms with E-state index in [1.54, 1.807) is 6.07 Å². The Labute approximate surface area is 133 Å². The molecule has 0 unspecified atom stereocenters. The Morgan fingerprint density at radius 1 is 1.33 bits per heavy atom. The van der Waals surface area contributed by atoms with E-state index in [1.807, 2.05) is 24.4 Å². The molecule has 2 aromatic heterocycles. The summed E-state index contributed by atoms with van der Waals surface area (Å²) in [6, 6.07) is 5.38. The first-order valence-electron chi connectivity index (χ1n) is 6.40. The van der Waals surface area contributed by atoms with Gasteiger partial charge in [0.15, 0.2) is 0 Å². The topological polar surface area (TPSA) is 72.2 Å². The van der Waals surface area contributed by atoms with Crippen molar-refractivity contribution in [3.63, 3.8) is 0 Å². The maximum Gasteiger partial charge on any atom is 0.250 e. The van der Waals surface area contributed by atoms with Gasteiger partial charge < -0.3 is 5.73 Å². The molecule has 0 radical (unpaired) electrons. The summed E-state index contributed by atoms with van der Waals surface area (Å²) in [4.78, 5) is 1.98. The van der Waals surface area contributed by atoms with E-state index in [2.05, 4.69) is 16.6 Å². The van der Waals surface area contributed by atoms with Crippen molar-refractivity contribution in [3.8, 4) is 11.8 Å². The Bertz CT molecular complexity index is 763. The van der Waals surface area contributed by atoms with Crippen LogP contribution in [-0.2, 0) is 23.0 Å². The SMILES string of the molecule is CCc1ccc(S(=O)(=O)NCc2cc(C#CCN)cs2)s1. The van der Waals surface area contributed by atoms with Gasteiger partial charge >= 0.3 is 0 Å². The molecule has 0 aromatic carbocycles. The highest BCUT2D eigenvalue weighted by Gasteiger charge is 2.16. The first-order chi connectivity index (χ1) is 10.0. The highest BCUT2D eigenvalue weighted by Crippen LogP contribution is 2.22. The van der Waals surface area contributed by atoms with E-state index in [0.717, 1.165) is 21.7 Å². The number of hydrogen-bond donors (Lipinski definition) is 2. The minimum absolute atomic E-state index is 0.274. The van der Waals surface area contributed by atoms with Crippen LogP contribution < -0.4 is 10.5 Å². The molecule has 2 rings (SSSR count). The second kappa shape index (κ2) is 7.20. The molecule has 112 valence electrons. The molecule has 0 fully saturated rings. The summed E-state index contributed by atoms with van der Waals surface area (Å²) in [6.07, 6.45) is 0.842. The standard InChI is InChI=1S/C14H16N2O2S3/c1-2-12-5-6-14(20-12)21(17,18)16-9-13-8-11(10-19-13)4-3-7-15/h5-6,8,10,16H,2,7,9,15H2,1H3. The van der Waals surface area contributed by atoms with Crippen molar-refractivity contribution >= 4 is 32.7 Å². The second-order valence-corrected chi connectivity index (χ2v) is 8.36. The predicted molar refractivity (Wildman–Crippen MR) is 88.0 cm³/mol. The third-order valence-electron chi connectivity index (χ3n) is 2.68. The van der Waals surface area contributed by atoms with Crippen LogP contribution in [0.3, 0.4) is 0 Å². The lowest BCUT2D eigenvalue weighted by Gasteiger charge is -2.02. The van der Waals surface area contributed by atoms with E-state index in [9.17, 15) is 8.42 Å². The van der Waals surface area contributed by atoms with E-state index in [-0.39, 0.29) is 6.54 Å². The highest BCUT2D eigenvalue weighted by atomic mass is 32.2. The van der Waals surface area contributed by atoms with Crippen LogP contribution in [0.15, 0.2) is 27.8 Å². The van der Waals surface area contributed by atoms with E-state index in [4.69, 9.17) is 5.73 Å². The molecule has 0 aliphatic heterocycles. The summed E-state index contributed by atoms with van der Waals surface area (Å²) in [5, 5.41) is 1.90. The molecule has 3 N–H and O–H groups in total. The van der Waals surface area contributed by atoms with Gasteiger partial charge in [0.2, 0.25) is 10.0 Å². The van der Waals surface area contributed by atoms with Gasteiger partial charge in [0.25, 0.3) is 0 Å². The molecule has 4 nitrogen and oxygen atoms in total. The van der Waals surface area contributed by atoms with Crippen LogP contribution in [0.4, 0.5) is 0 Å². The molecule has 7 heteroatoms. The third kappa shape index (κ3) is 4.40. The Hall–Kier alpha value is -1.17. The maximum absolute atomic E-state index is 12.2. The van der Waals surface area contributed by atoms with E-state index < -0.39 is 10.0 Å². The van der Waals surface area contributed by atoms with Crippen molar-refractivity contribution < 1.29 is 8.42 Å². The van der Waals surface area contributed by atoms with Crippen LogP contribution >= 0.6 is 22.7 Å². The molecule has 0 aliphatic rings. The number of rotatable bonds is 5. The normalized spacial score (nSPS) is 11.1. The molecule has 2 heterocycles. The summed E-state index contributed by atoms with van der Waals surface area (Å²) in [7, 11) is -3.44. The average molecular weight is 340 g/mol. The lowest BCUT2D eigenvalue weighted by atomic mass is 10.3. The molecule has 0 aliphatic carbocycles. The lowest BCUT2D eigenvalue weighted by Crippen LogP contribution is -2.21. The molecular weight excluding hydrogens is 324 g/mol. The van der Waals surface area contributed by atoms with Gasteiger partial charge in [0, 0.05) is 27.2 Å². The monoisotopic (exact) mass is 340 g/mol. The van der Waals surface area contributed by atoms with Gasteiger partial charge in [0.05, 0.1) is 6.54 Å².